The van der Waals surface area contributed by atoms with Gasteiger partial charge < -0.3 is 14.7 Å². The minimum atomic E-state index is -0.409. The van der Waals surface area contributed by atoms with E-state index in [1.807, 2.05) is 34.1 Å². The number of non-ortho nitro benzene ring substituents is 1. The molecule has 156 valence electrons. The van der Waals surface area contributed by atoms with E-state index in [4.69, 9.17) is 0 Å². The van der Waals surface area contributed by atoms with Crippen LogP contribution >= 0.6 is 0 Å². The number of rotatable bonds is 5. The van der Waals surface area contributed by atoms with Gasteiger partial charge in [0.15, 0.2) is 0 Å². The van der Waals surface area contributed by atoms with E-state index in [1.165, 1.54) is 12.1 Å². The number of hydrogen-bond acceptors (Lipinski definition) is 5. The Labute approximate surface area is 174 Å². The van der Waals surface area contributed by atoms with Crippen molar-refractivity contribution < 1.29 is 14.5 Å². The van der Waals surface area contributed by atoms with Crippen molar-refractivity contribution in [3.8, 4) is 0 Å². The predicted molar refractivity (Wildman–Crippen MR) is 112 cm³/mol. The summed E-state index contributed by atoms with van der Waals surface area (Å²) in [5.74, 6) is 0.169. The summed E-state index contributed by atoms with van der Waals surface area (Å²) in [5.41, 5.74) is 2.61. The van der Waals surface area contributed by atoms with Crippen LogP contribution in [0, 0.1) is 10.1 Å². The number of hydrogen-bond donors (Lipinski definition) is 0. The van der Waals surface area contributed by atoms with Crippen LogP contribution < -0.4 is 4.90 Å². The fourth-order valence-corrected chi connectivity index (χ4v) is 4.03. The molecule has 30 heavy (non-hydrogen) atoms. The molecule has 0 N–H and O–H groups in total. The molecule has 0 aromatic heterocycles. The highest BCUT2D eigenvalue weighted by molar-refractivity contribution is 5.94. The lowest BCUT2D eigenvalue weighted by molar-refractivity contribution is -0.384. The lowest BCUT2D eigenvalue weighted by Crippen LogP contribution is -2.48. The number of anilines is 1. The minimum Gasteiger partial charge on any atom is -0.368 e. The summed E-state index contributed by atoms with van der Waals surface area (Å²) in [6, 6.07) is 14.0. The highest BCUT2D eigenvalue weighted by Crippen LogP contribution is 2.22. The molecule has 2 aromatic carbocycles. The molecular formula is C22H24N4O4. The molecule has 2 aromatic rings. The highest BCUT2D eigenvalue weighted by atomic mass is 16.6. The Morgan fingerprint density at radius 1 is 1.00 bits per heavy atom. The summed E-state index contributed by atoms with van der Waals surface area (Å²) in [7, 11) is 0. The van der Waals surface area contributed by atoms with Gasteiger partial charge in [-0.15, -0.1) is 0 Å². The molecule has 0 bridgehead atoms. The number of carbonyl (C=O) groups excluding carboxylic acids is 2. The summed E-state index contributed by atoms with van der Waals surface area (Å²) in [6.45, 7) is 3.85. The van der Waals surface area contributed by atoms with Gasteiger partial charge in [-0.1, -0.05) is 12.1 Å². The van der Waals surface area contributed by atoms with Crippen molar-refractivity contribution in [3.05, 3.63) is 69.8 Å². The van der Waals surface area contributed by atoms with Gasteiger partial charge in [0.2, 0.25) is 5.91 Å². The largest absolute Gasteiger partial charge is 0.368 e. The van der Waals surface area contributed by atoms with Crippen LogP contribution in [0.25, 0.3) is 0 Å². The van der Waals surface area contributed by atoms with Crippen LogP contribution in [0.4, 0.5) is 11.4 Å². The number of amides is 2. The fourth-order valence-electron chi connectivity index (χ4n) is 4.03. The molecule has 0 unspecified atom stereocenters. The zero-order valence-electron chi connectivity index (χ0n) is 16.7. The zero-order valence-corrected chi connectivity index (χ0v) is 16.7. The van der Waals surface area contributed by atoms with E-state index in [9.17, 15) is 19.7 Å². The van der Waals surface area contributed by atoms with Gasteiger partial charge >= 0.3 is 0 Å². The Morgan fingerprint density at radius 3 is 2.37 bits per heavy atom. The Kier molecular flexibility index (Phi) is 5.65. The van der Waals surface area contributed by atoms with Crippen molar-refractivity contribution in [1.82, 2.24) is 9.80 Å². The summed E-state index contributed by atoms with van der Waals surface area (Å²) in [5, 5.41) is 10.8. The number of nitrogens with zero attached hydrogens (tertiary/aromatic N) is 4. The SMILES string of the molecule is O=C1CCCN1Cc1cccc(C(=O)N2CCN(c3ccc([N+](=O)[O-])cc3)CC2)c1. The molecule has 0 spiro atoms. The molecule has 2 heterocycles. The van der Waals surface area contributed by atoms with Gasteiger partial charge in [-0.3, -0.25) is 19.7 Å². The quantitative estimate of drug-likeness (QED) is 0.561. The summed E-state index contributed by atoms with van der Waals surface area (Å²) in [6.07, 6.45) is 1.51. The van der Waals surface area contributed by atoms with Gasteiger partial charge in [-0.25, -0.2) is 0 Å². The Hall–Kier alpha value is -3.42. The van der Waals surface area contributed by atoms with E-state index in [2.05, 4.69) is 4.90 Å². The summed E-state index contributed by atoms with van der Waals surface area (Å²) in [4.78, 5) is 41.0. The van der Waals surface area contributed by atoms with Crippen molar-refractivity contribution in [1.29, 1.82) is 0 Å². The van der Waals surface area contributed by atoms with Crippen LogP contribution in [0.1, 0.15) is 28.8 Å². The predicted octanol–water partition coefficient (Wildman–Crippen LogP) is 2.68. The number of nitro groups is 1. The van der Waals surface area contributed by atoms with Crippen molar-refractivity contribution in [2.24, 2.45) is 0 Å². The number of piperazine rings is 1. The molecule has 0 atom stereocenters. The van der Waals surface area contributed by atoms with Gasteiger partial charge in [0.25, 0.3) is 11.6 Å². The molecule has 0 radical (unpaired) electrons. The maximum absolute atomic E-state index is 13.0. The third kappa shape index (κ3) is 4.27. The van der Waals surface area contributed by atoms with Gasteiger partial charge in [0.05, 0.1) is 4.92 Å². The second-order valence-electron chi connectivity index (χ2n) is 7.67. The first-order chi connectivity index (χ1) is 14.5. The third-order valence-corrected chi connectivity index (χ3v) is 5.71. The van der Waals surface area contributed by atoms with Crippen molar-refractivity contribution >= 4 is 23.2 Å². The van der Waals surface area contributed by atoms with E-state index < -0.39 is 4.92 Å². The number of likely N-dealkylation sites (tertiary alicyclic amines) is 1. The summed E-state index contributed by atoms with van der Waals surface area (Å²) >= 11 is 0. The molecule has 2 amide bonds. The van der Waals surface area contributed by atoms with Gasteiger partial charge in [-0.05, 0) is 36.2 Å². The lowest BCUT2D eigenvalue weighted by atomic mass is 10.1. The molecule has 4 rings (SSSR count). The molecule has 0 saturated carbocycles. The fraction of sp³-hybridized carbons (Fsp3) is 0.364. The highest BCUT2D eigenvalue weighted by Gasteiger charge is 2.24. The van der Waals surface area contributed by atoms with Crippen LogP contribution in [-0.4, -0.2) is 59.3 Å². The molecule has 8 heteroatoms. The average Bonchev–Trinajstić information content (AvgIpc) is 3.18. The number of nitro benzene ring substituents is 1. The summed E-state index contributed by atoms with van der Waals surface area (Å²) < 4.78 is 0. The van der Waals surface area contributed by atoms with E-state index in [-0.39, 0.29) is 17.5 Å². The van der Waals surface area contributed by atoms with Gasteiger partial charge in [-0.2, -0.15) is 0 Å². The Balaban J connectivity index is 1.36. The van der Waals surface area contributed by atoms with Crippen molar-refractivity contribution in [3.63, 3.8) is 0 Å². The molecule has 2 fully saturated rings. The van der Waals surface area contributed by atoms with Gasteiger partial charge in [0.1, 0.15) is 0 Å². The van der Waals surface area contributed by atoms with E-state index in [1.54, 1.807) is 12.1 Å². The first kappa shape index (κ1) is 19.9. The van der Waals surface area contributed by atoms with Crippen molar-refractivity contribution in [2.45, 2.75) is 19.4 Å². The maximum atomic E-state index is 13.0. The number of carbonyl (C=O) groups is 2. The average molecular weight is 408 g/mol. The molecule has 0 aliphatic carbocycles. The third-order valence-electron chi connectivity index (χ3n) is 5.71. The minimum absolute atomic E-state index is 0.00653. The first-order valence-electron chi connectivity index (χ1n) is 10.2. The lowest BCUT2D eigenvalue weighted by Gasteiger charge is -2.36. The van der Waals surface area contributed by atoms with Crippen LogP contribution in [0.5, 0.6) is 0 Å². The van der Waals surface area contributed by atoms with Crippen LogP contribution in [0.2, 0.25) is 0 Å². The second kappa shape index (κ2) is 8.52. The number of benzene rings is 2. The first-order valence-corrected chi connectivity index (χ1v) is 10.2. The Bertz CT molecular complexity index is 952. The van der Waals surface area contributed by atoms with Crippen LogP contribution in [0.3, 0.4) is 0 Å². The second-order valence-corrected chi connectivity index (χ2v) is 7.67. The van der Waals surface area contributed by atoms with Gasteiger partial charge in [0, 0.05) is 69.1 Å². The topological polar surface area (TPSA) is 87.0 Å². The normalized spacial score (nSPS) is 16.8. The zero-order chi connectivity index (χ0) is 21.1. The maximum Gasteiger partial charge on any atom is 0.269 e. The molecule has 2 aliphatic heterocycles. The smallest absolute Gasteiger partial charge is 0.269 e. The van der Waals surface area contributed by atoms with E-state index in [0.29, 0.717) is 44.7 Å². The molecule has 8 nitrogen and oxygen atoms in total. The van der Waals surface area contributed by atoms with E-state index >= 15 is 0 Å². The molecular weight excluding hydrogens is 384 g/mol. The van der Waals surface area contributed by atoms with Crippen LogP contribution in [0.15, 0.2) is 48.5 Å². The van der Waals surface area contributed by atoms with E-state index in [0.717, 1.165) is 24.2 Å². The Morgan fingerprint density at radius 2 is 1.73 bits per heavy atom. The molecule has 2 saturated heterocycles. The standard InChI is InChI=1S/C22H24N4O4/c27-21-5-2-10-25(21)16-17-3-1-4-18(15-17)22(28)24-13-11-23(12-14-24)19-6-8-20(9-7-19)26(29)30/h1,3-4,6-9,15H,2,5,10-14,16H2. The van der Waals surface area contributed by atoms with Crippen LogP contribution in [-0.2, 0) is 11.3 Å². The molecule has 2 aliphatic rings. The monoisotopic (exact) mass is 408 g/mol. The van der Waals surface area contributed by atoms with Crippen molar-refractivity contribution in [2.75, 3.05) is 37.6 Å².